The van der Waals surface area contributed by atoms with Gasteiger partial charge in [-0.25, -0.2) is 0 Å². The van der Waals surface area contributed by atoms with Gasteiger partial charge in [0.25, 0.3) is 0 Å². The molecule has 0 amide bonds. The fraction of sp³-hybridized carbons (Fsp3) is 1.00. The topological polar surface area (TPSA) is 55.5 Å². The van der Waals surface area contributed by atoms with Crippen molar-refractivity contribution in [2.75, 3.05) is 6.54 Å². The molecule has 4 atom stereocenters. The number of rotatable bonds is 3. The molecule has 3 heteroatoms. The van der Waals surface area contributed by atoms with Crippen molar-refractivity contribution in [2.24, 2.45) is 17.1 Å². The third-order valence-electron chi connectivity index (χ3n) is 3.96. The number of aliphatic hydroxyl groups is 1. The van der Waals surface area contributed by atoms with Gasteiger partial charge in [-0.3, -0.25) is 0 Å². The van der Waals surface area contributed by atoms with Gasteiger partial charge in [-0.1, -0.05) is 13.8 Å². The molecule has 2 aliphatic heterocycles. The highest BCUT2D eigenvalue weighted by Gasteiger charge is 2.55. The van der Waals surface area contributed by atoms with E-state index < -0.39 is 0 Å². The zero-order valence-electron chi connectivity index (χ0n) is 9.07. The number of aliphatic hydroxyl groups excluding tert-OH is 1. The summed E-state index contributed by atoms with van der Waals surface area (Å²) in [5, 5.41) is 10.2. The van der Waals surface area contributed by atoms with Gasteiger partial charge in [0.1, 0.15) is 0 Å². The molecule has 4 unspecified atom stereocenters. The van der Waals surface area contributed by atoms with Gasteiger partial charge < -0.3 is 15.6 Å². The Labute approximate surface area is 85.6 Å². The average Bonchev–Trinajstić information content (AvgIpc) is 2.75. The van der Waals surface area contributed by atoms with Crippen molar-refractivity contribution in [3.05, 3.63) is 0 Å². The van der Waals surface area contributed by atoms with Crippen molar-refractivity contribution >= 4 is 0 Å². The zero-order valence-corrected chi connectivity index (χ0v) is 9.07. The number of fused-ring (bicyclic) bond motifs is 2. The van der Waals surface area contributed by atoms with E-state index in [1.54, 1.807) is 0 Å². The summed E-state index contributed by atoms with van der Waals surface area (Å²) in [5.41, 5.74) is 5.70. The number of nitrogens with two attached hydrogens (primary N) is 1. The Morgan fingerprint density at radius 3 is 2.57 bits per heavy atom. The van der Waals surface area contributed by atoms with Crippen LogP contribution in [0.4, 0.5) is 0 Å². The summed E-state index contributed by atoms with van der Waals surface area (Å²) in [4.78, 5) is 0. The molecule has 14 heavy (non-hydrogen) atoms. The van der Waals surface area contributed by atoms with Crippen LogP contribution in [0.3, 0.4) is 0 Å². The van der Waals surface area contributed by atoms with Crippen LogP contribution in [0.1, 0.15) is 33.1 Å². The number of hydrogen-bond donors (Lipinski definition) is 2. The lowest BCUT2D eigenvalue weighted by atomic mass is 9.67. The molecule has 0 aromatic rings. The van der Waals surface area contributed by atoms with Gasteiger partial charge in [-0.2, -0.15) is 0 Å². The largest absolute Gasteiger partial charge is 0.392 e. The molecule has 0 aliphatic carbocycles. The van der Waals surface area contributed by atoms with E-state index in [1.807, 2.05) is 13.8 Å². The maximum atomic E-state index is 10.2. The van der Waals surface area contributed by atoms with E-state index >= 15 is 0 Å². The molecular formula is C11H21NO2. The predicted octanol–water partition coefficient (Wildman–Crippen LogP) is 0.900. The normalized spacial score (nSPS) is 43.5. The van der Waals surface area contributed by atoms with Crippen LogP contribution in [0.15, 0.2) is 0 Å². The van der Waals surface area contributed by atoms with Gasteiger partial charge in [0.15, 0.2) is 0 Å². The van der Waals surface area contributed by atoms with Crippen LogP contribution in [0.2, 0.25) is 0 Å². The smallest absolute Gasteiger partial charge is 0.0674 e. The third kappa shape index (κ3) is 1.30. The molecular weight excluding hydrogens is 178 g/mol. The molecule has 2 aliphatic rings. The first-order valence-electron chi connectivity index (χ1n) is 5.64. The van der Waals surface area contributed by atoms with Crippen LogP contribution in [-0.4, -0.2) is 30.0 Å². The van der Waals surface area contributed by atoms with Crippen LogP contribution < -0.4 is 5.73 Å². The third-order valence-corrected chi connectivity index (χ3v) is 3.96. The second-order valence-electron chi connectivity index (χ2n) is 5.15. The quantitative estimate of drug-likeness (QED) is 0.710. The van der Waals surface area contributed by atoms with E-state index in [1.165, 1.54) is 0 Å². The minimum atomic E-state index is -0.317. The Hall–Kier alpha value is -0.120. The molecule has 2 bridgehead atoms. The van der Waals surface area contributed by atoms with Crippen LogP contribution in [0.25, 0.3) is 0 Å². The minimum Gasteiger partial charge on any atom is -0.392 e. The van der Waals surface area contributed by atoms with Crippen molar-refractivity contribution in [3.63, 3.8) is 0 Å². The van der Waals surface area contributed by atoms with Crippen molar-refractivity contribution in [1.82, 2.24) is 0 Å². The van der Waals surface area contributed by atoms with E-state index in [0.29, 0.717) is 12.6 Å². The predicted molar refractivity (Wildman–Crippen MR) is 54.8 cm³/mol. The molecule has 82 valence electrons. The van der Waals surface area contributed by atoms with Gasteiger partial charge in [0.2, 0.25) is 0 Å². The van der Waals surface area contributed by atoms with E-state index in [4.69, 9.17) is 10.5 Å². The molecule has 0 spiro atoms. The lowest BCUT2D eigenvalue weighted by Crippen LogP contribution is -2.50. The van der Waals surface area contributed by atoms with Gasteiger partial charge in [-0.05, 0) is 25.2 Å². The molecule has 2 fully saturated rings. The molecule has 0 aromatic heterocycles. The summed E-state index contributed by atoms with van der Waals surface area (Å²) in [6, 6.07) is 0. The molecule has 3 N–H and O–H groups in total. The number of ether oxygens (including phenoxy) is 1. The first-order valence-corrected chi connectivity index (χ1v) is 5.64. The first-order chi connectivity index (χ1) is 6.60. The van der Waals surface area contributed by atoms with Crippen molar-refractivity contribution in [2.45, 2.75) is 51.4 Å². The summed E-state index contributed by atoms with van der Waals surface area (Å²) in [6.45, 7) is 4.65. The summed E-state index contributed by atoms with van der Waals surface area (Å²) in [6.07, 6.45) is 3.42. The molecule has 2 heterocycles. The lowest BCUT2D eigenvalue weighted by Gasteiger charge is -2.40. The van der Waals surface area contributed by atoms with Gasteiger partial charge in [0, 0.05) is 12.0 Å². The van der Waals surface area contributed by atoms with Crippen LogP contribution in [-0.2, 0) is 4.74 Å². The fourth-order valence-electron chi connectivity index (χ4n) is 3.14. The van der Waals surface area contributed by atoms with Crippen molar-refractivity contribution in [3.8, 4) is 0 Å². The Bertz CT molecular complexity index is 219. The summed E-state index contributed by atoms with van der Waals surface area (Å²) >= 11 is 0. The Kier molecular flexibility index (Phi) is 2.58. The van der Waals surface area contributed by atoms with Gasteiger partial charge in [0.05, 0.1) is 18.3 Å². The number of hydrogen-bond acceptors (Lipinski definition) is 3. The van der Waals surface area contributed by atoms with E-state index in [2.05, 4.69) is 0 Å². The van der Waals surface area contributed by atoms with Gasteiger partial charge in [-0.15, -0.1) is 0 Å². The van der Waals surface area contributed by atoms with Crippen LogP contribution in [0, 0.1) is 11.3 Å². The Morgan fingerprint density at radius 1 is 1.50 bits per heavy atom. The first kappa shape index (κ1) is 10.4. The summed E-state index contributed by atoms with van der Waals surface area (Å²) in [5.74, 6) is 0.265. The molecule has 3 nitrogen and oxygen atoms in total. The minimum absolute atomic E-state index is 0.156. The fourth-order valence-corrected chi connectivity index (χ4v) is 3.14. The lowest BCUT2D eigenvalue weighted by molar-refractivity contribution is -0.0475. The SMILES string of the molecule is CC(C)C(O)C1(CN)CC2CCC1O2. The molecule has 2 saturated heterocycles. The highest BCUT2D eigenvalue weighted by Crippen LogP contribution is 2.50. The molecule has 0 radical (unpaired) electrons. The average molecular weight is 199 g/mol. The molecule has 2 rings (SSSR count). The molecule has 0 aromatic carbocycles. The Morgan fingerprint density at radius 2 is 2.21 bits per heavy atom. The maximum Gasteiger partial charge on any atom is 0.0674 e. The van der Waals surface area contributed by atoms with Crippen LogP contribution >= 0.6 is 0 Å². The van der Waals surface area contributed by atoms with Gasteiger partial charge >= 0.3 is 0 Å². The standard InChI is InChI=1S/C11H21NO2/c1-7(2)10(13)11(6-12)5-8-3-4-9(11)14-8/h7-10,13H,3-6,12H2,1-2H3. The maximum absolute atomic E-state index is 10.2. The second-order valence-corrected chi connectivity index (χ2v) is 5.15. The monoisotopic (exact) mass is 199 g/mol. The summed E-state index contributed by atoms with van der Waals surface area (Å²) in [7, 11) is 0. The second kappa shape index (κ2) is 3.47. The molecule has 0 saturated carbocycles. The van der Waals surface area contributed by atoms with Crippen molar-refractivity contribution < 1.29 is 9.84 Å². The zero-order chi connectivity index (χ0) is 10.3. The Balaban J connectivity index is 2.18. The van der Waals surface area contributed by atoms with E-state index in [0.717, 1.165) is 19.3 Å². The highest BCUT2D eigenvalue weighted by atomic mass is 16.5. The highest BCUT2D eigenvalue weighted by molar-refractivity contribution is 5.05. The van der Waals surface area contributed by atoms with Crippen LogP contribution in [0.5, 0.6) is 0 Å². The van der Waals surface area contributed by atoms with E-state index in [-0.39, 0.29) is 23.5 Å². The van der Waals surface area contributed by atoms with Crippen molar-refractivity contribution in [1.29, 1.82) is 0 Å². The summed E-state index contributed by atoms with van der Waals surface area (Å²) < 4.78 is 5.81. The van der Waals surface area contributed by atoms with E-state index in [9.17, 15) is 5.11 Å².